The van der Waals surface area contributed by atoms with Crippen molar-refractivity contribution < 1.29 is 18.7 Å². The fraction of sp³-hybridized carbons (Fsp3) is 0.188. The van der Waals surface area contributed by atoms with Crippen molar-refractivity contribution in [3.05, 3.63) is 46.4 Å². The summed E-state index contributed by atoms with van der Waals surface area (Å²) in [6, 6.07) is 10.1. The van der Waals surface area contributed by atoms with Crippen LogP contribution < -0.4 is 15.9 Å². The predicted molar refractivity (Wildman–Crippen MR) is 91.1 cm³/mol. The zero-order valence-electron chi connectivity index (χ0n) is 12.4. The molecule has 2 N–H and O–H groups in total. The van der Waals surface area contributed by atoms with E-state index in [2.05, 4.69) is 20.7 Å². The number of nitrogen functional groups attached to an aromatic ring is 1. The molecule has 2 radical (unpaired) electrons. The Kier molecular flexibility index (Phi) is 5.66. The smallest absolute Gasteiger partial charge is 0.340 e. The molecule has 23 heavy (non-hydrogen) atoms. The fourth-order valence-corrected chi connectivity index (χ4v) is 2.57. The van der Waals surface area contributed by atoms with Crippen LogP contribution in [0.2, 0.25) is 0 Å². The molecule has 0 heterocycles. The van der Waals surface area contributed by atoms with Crippen molar-refractivity contribution in [3.63, 3.8) is 0 Å². The molecule has 0 bridgehead atoms. The molecular formula is C16H14BBrFNO3. The molecule has 1 unspecified atom stereocenters. The van der Waals surface area contributed by atoms with Crippen LogP contribution in [-0.2, 0) is 16.0 Å². The van der Waals surface area contributed by atoms with Crippen LogP contribution in [-0.4, -0.2) is 27.1 Å². The first kappa shape index (κ1) is 17.3. The molecule has 0 aliphatic rings. The van der Waals surface area contributed by atoms with E-state index in [4.69, 9.17) is 18.3 Å². The number of hydrogen-bond acceptors (Lipinski definition) is 4. The Bertz CT molecular complexity index is 686. The number of anilines is 1. The average Bonchev–Trinajstić information content (AvgIpc) is 2.51. The van der Waals surface area contributed by atoms with Crippen LogP contribution in [0, 0.1) is 0 Å². The third-order valence-electron chi connectivity index (χ3n) is 3.10. The number of ether oxygens (including phenoxy) is 2. The van der Waals surface area contributed by atoms with E-state index >= 15 is 0 Å². The number of nitrogens with two attached hydrogens (primary N) is 1. The number of halogens is 2. The first-order chi connectivity index (χ1) is 10.9. The summed E-state index contributed by atoms with van der Waals surface area (Å²) in [5.41, 5.74) is 7.12. The maximum Gasteiger partial charge on any atom is 0.340 e. The molecule has 2 aromatic carbocycles. The second-order valence-electron chi connectivity index (χ2n) is 4.86. The molecule has 118 valence electrons. The van der Waals surface area contributed by atoms with Crippen molar-refractivity contribution in [2.75, 3.05) is 12.8 Å². The molecule has 2 aromatic rings. The molecule has 0 amide bonds. The summed E-state index contributed by atoms with van der Waals surface area (Å²) >= 11 is 3.35. The van der Waals surface area contributed by atoms with Crippen molar-refractivity contribution in [2.45, 2.75) is 12.6 Å². The highest BCUT2D eigenvalue weighted by Gasteiger charge is 2.19. The van der Waals surface area contributed by atoms with E-state index in [1.54, 1.807) is 36.4 Å². The highest BCUT2D eigenvalue weighted by Crippen LogP contribution is 2.29. The van der Waals surface area contributed by atoms with Crippen LogP contribution >= 0.6 is 15.9 Å². The summed E-state index contributed by atoms with van der Waals surface area (Å²) in [5, 5.41) is 0. The standard InChI is InChI=1S/C16H14BBrFNO3/c1-22-16(21)14(19)8-9-6-12(17)15(13(18)7-9)23-11-4-2-10(20)3-5-11/h2-7,14H,8,20H2,1H3. The number of carbonyl (C=O) groups is 1. The number of hydrogen-bond donors (Lipinski definition) is 1. The van der Waals surface area contributed by atoms with Crippen LogP contribution in [0.1, 0.15) is 5.56 Å². The van der Waals surface area contributed by atoms with Crippen molar-refractivity contribution in [1.29, 1.82) is 0 Å². The van der Waals surface area contributed by atoms with Crippen LogP contribution in [0.15, 0.2) is 40.9 Å². The maximum absolute atomic E-state index is 13.7. The van der Waals surface area contributed by atoms with Gasteiger partial charge in [0.25, 0.3) is 0 Å². The lowest BCUT2D eigenvalue weighted by Gasteiger charge is -2.14. The predicted octanol–water partition coefficient (Wildman–Crippen LogP) is 2.67. The van der Waals surface area contributed by atoms with Crippen LogP contribution in [0.4, 0.5) is 10.1 Å². The number of alkyl halides is 1. The van der Waals surface area contributed by atoms with E-state index in [-0.39, 0.29) is 6.42 Å². The van der Waals surface area contributed by atoms with Crippen LogP contribution in [0.25, 0.3) is 0 Å². The third kappa shape index (κ3) is 4.48. The zero-order chi connectivity index (χ0) is 17.0. The molecular weight excluding hydrogens is 364 g/mol. The lowest BCUT2D eigenvalue weighted by Crippen LogP contribution is -2.20. The fourth-order valence-electron chi connectivity index (χ4n) is 1.97. The Morgan fingerprint density at radius 1 is 1.35 bits per heavy atom. The molecule has 1 atom stereocenters. The molecule has 7 heteroatoms. The minimum absolute atomic E-state index is 0.127. The minimum Gasteiger partial charge on any atom is -0.467 e. The summed E-state index contributed by atoms with van der Waals surface area (Å²) in [6.45, 7) is 0. The van der Waals surface area contributed by atoms with Gasteiger partial charge < -0.3 is 15.2 Å². The second kappa shape index (κ2) is 7.50. The first-order valence-corrected chi connectivity index (χ1v) is 7.53. The van der Waals surface area contributed by atoms with Gasteiger partial charge in [0.15, 0.2) is 0 Å². The number of rotatable bonds is 5. The van der Waals surface area contributed by atoms with Crippen molar-refractivity contribution in [2.24, 2.45) is 0 Å². The van der Waals surface area contributed by atoms with Crippen molar-refractivity contribution >= 4 is 40.9 Å². The summed E-state index contributed by atoms with van der Waals surface area (Å²) in [7, 11) is 7.11. The summed E-state index contributed by atoms with van der Waals surface area (Å²) in [6.07, 6.45) is -1.87. The van der Waals surface area contributed by atoms with Gasteiger partial charge in [0.05, 0.1) is 11.6 Å². The largest absolute Gasteiger partial charge is 0.467 e. The number of benzene rings is 2. The molecule has 4 nitrogen and oxygen atoms in total. The van der Waals surface area contributed by atoms with Crippen LogP contribution in [0.5, 0.6) is 11.5 Å². The van der Waals surface area contributed by atoms with E-state index in [9.17, 15) is 9.18 Å². The van der Waals surface area contributed by atoms with Gasteiger partial charge in [0, 0.05) is 12.1 Å². The Labute approximate surface area is 143 Å². The van der Waals surface area contributed by atoms with E-state index in [1.165, 1.54) is 0 Å². The first-order valence-electron chi connectivity index (χ1n) is 6.74. The van der Waals surface area contributed by atoms with Gasteiger partial charge in [-0.05, 0) is 51.8 Å². The van der Waals surface area contributed by atoms with Gasteiger partial charge >= 0.3 is 5.97 Å². The van der Waals surface area contributed by atoms with Gasteiger partial charge in [0.1, 0.15) is 19.3 Å². The van der Waals surface area contributed by atoms with Gasteiger partial charge in [-0.1, -0.05) is 11.5 Å². The van der Waals surface area contributed by atoms with Crippen molar-refractivity contribution in [1.82, 2.24) is 0 Å². The summed E-state index contributed by atoms with van der Waals surface area (Å²) < 4.78 is 24.3. The average molecular weight is 378 g/mol. The Morgan fingerprint density at radius 3 is 2.57 bits per heavy atom. The third-order valence-corrected chi connectivity index (χ3v) is 3.69. The Morgan fingerprint density at radius 2 is 2.00 bits per heavy atom. The zero-order valence-corrected chi connectivity index (χ0v) is 14.0. The van der Waals surface area contributed by atoms with Gasteiger partial charge in [-0.15, -0.1) is 0 Å². The molecule has 0 aromatic heterocycles. The normalized spacial score (nSPS) is 11.8. The molecule has 0 fully saturated rings. The maximum atomic E-state index is 13.7. The van der Waals surface area contributed by atoms with Crippen LogP contribution in [0.3, 0.4) is 0 Å². The van der Waals surface area contributed by atoms with E-state index in [0.29, 0.717) is 32.7 Å². The second-order valence-corrected chi connectivity index (χ2v) is 5.72. The van der Waals surface area contributed by atoms with Gasteiger partial charge in [-0.3, -0.25) is 0 Å². The highest BCUT2D eigenvalue weighted by atomic mass is 79.9. The number of esters is 1. The van der Waals surface area contributed by atoms with E-state index < -0.39 is 12.1 Å². The number of methoxy groups -OCH3 is 1. The summed E-state index contributed by atoms with van der Waals surface area (Å²) in [5.74, 6) is 0.0613. The molecule has 0 aliphatic carbocycles. The van der Waals surface area contributed by atoms with Gasteiger partial charge in [0.2, 0.25) is 6.17 Å². The SMILES string of the molecule is [B]c1cc(CC(F)C(=O)OC)cc(Br)c1Oc1ccc(N)cc1. The number of carbonyl (C=O) groups excluding carboxylic acids is 1. The van der Waals surface area contributed by atoms with Gasteiger partial charge in [-0.25, -0.2) is 9.18 Å². The molecule has 0 aliphatic heterocycles. The van der Waals surface area contributed by atoms with E-state index in [1.807, 2.05) is 0 Å². The van der Waals surface area contributed by atoms with Crippen molar-refractivity contribution in [3.8, 4) is 11.5 Å². The topological polar surface area (TPSA) is 61.5 Å². The summed E-state index contributed by atoms with van der Waals surface area (Å²) in [4.78, 5) is 11.1. The highest BCUT2D eigenvalue weighted by molar-refractivity contribution is 9.10. The van der Waals surface area contributed by atoms with Gasteiger partial charge in [-0.2, -0.15) is 0 Å². The lowest BCUT2D eigenvalue weighted by molar-refractivity contribution is -0.146. The Balaban J connectivity index is 2.20. The molecule has 2 rings (SSSR count). The monoisotopic (exact) mass is 377 g/mol. The Hall–Kier alpha value is -2.02. The molecule has 0 spiro atoms. The minimum atomic E-state index is -1.74. The molecule has 0 saturated carbocycles. The van der Waals surface area contributed by atoms with E-state index in [0.717, 1.165) is 7.11 Å². The lowest BCUT2D eigenvalue weighted by atomic mass is 9.91. The quantitative estimate of drug-likeness (QED) is 0.494. The molecule has 0 saturated heterocycles.